The normalized spacial score (nSPS) is 12.2. The Labute approximate surface area is 54.9 Å². The third-order valence-corrected chi connectivity index (χ3v) is 1.00. The first-order valence-electron chi connectivity index (χ1n) is 2.80. The van der Waals surface area contributed by atoms with Crippen molar-refractivity contribution in [2.45, 2.75) is 12.5 Å². The van der Waals surface area contributed by atoms with Gasteiger partial charge in [-0.05, 0) is 6.42 Å². The largest absolute Gasteiger partial charge is 0.358 e. The lowest BCUT2D eigenvalue weighted by Gasteiger charge is -2.04. The lowest BCUT2D eigenvalue weighted by molar-refractivity contribution is -0.121. The summed E-state index contributed by atoms with van der Waals surface area (Å²) in [5.41, 5.74) is 5.35. The minimum Gasteiger partial charge on any atom is -0.358 e. The van der Waals surface area contributed by atoms with E-state index in [-0.39, 0.29) is 5.91 Å². The van der Waals surface area contributed by atoms with E-state index in [9.17, 15) is 4.79 Å². The molecule has 1 amide bonds. The zero-order chi connectivity index (χ0) is 7.28. The fourth-order valence-electron chi connectivity index (χ4n) is 0.472. The Morgan fingerprint density at radius 3 is 2.89 bits per heavy atom. The molecule has 0 aliphatic carbocycles. The third kappa shape index (κ3) is 2.87. The summed E-state index contributed by atoms with van der Waals surface area (Å²) in [5, 5.41) is 2.44. The lowest BCUT2D eigenvalue weighted by Crippen LogP contribution is -2.38. The molecule has 52 valence electrons. The highest BCUT2D eigenvalue weighted by molar-refractivity contribution is 5.81. The van der Waals surface area contributed by atoms with Crippen LogP contribution in [0.15, 0.2) is 12.7 Å². The van der Waals surface area contributed by atoms with Gasteiger partial charge in [0.1, 0.15) is 0 Å². The Bertz CT molecular complexity index is 112. The number of hydrogen-bond donors (Lipinski definition) is 2. The molecule has 3 nitrogen and oxygen atoms in total. The van der Waals surface area contributed by atoms with Gasteiger partial charge in [0.2, 0.25) is 5.91 Å². The fourth-order valence-corrected chi connectivity index (χ4v) is 0.472. The highest BCUT2D eigenvalue weighted by Gasteiger charge is 2.07. The van der Waals surface area contributed by atoms with Gasteiger partial charge in [0, 0.05) is 7.05 Å². The second-order valence-electron chi connectivity index (χ2n) is 1.75. The minimum absolute atomic E-state index is 0.144. The second kappa shape index (κ2) is 4.09. The van der Waals surface area contributed by atoms with E-state index in [0.29, 0.717) is 6.42 Å². The van der Waals surface area contributed by atoms with Gasteiger partial charge in [-0.2, -0.15) is 0 Å². The standard InChI is InChI=1S/C6H12N2O/c1-3-4-5(7)6(9)8-2/h3,5H,1,4,7H2,2H3,(H,8,9). The Hall–Kier alpha value is -0.830. The van der Waals surface area contributed by atoms with Gasteiger partial charge in [0.25, 0.3) is 0 Å². The predicted molar refractivity (Wildman–Crippen MR) is 36.9 cm³/mol. The van der Waals surface area contributed by atoms with Crippen LogP contribution >= 0.6 is 0 Å². The smallest absolute Gasteiger partial charge is 0.236 e. The summed E-state index contributed by atoms with van der Waals surface area (Å²) in [6.45, 7) is 3.46. The highest BCUT2D eigenvalue weighted by Crippen LogP contribution is 1.86. The zero-order valence-corrected chi connectivity index (χ0v) is 5.55. The number of amides is 1. The van der Waals surface area contributed by atoms with E-state index < -0.39 is 6.04 Å². The molecule has 9 heavy (non-hydrogen) atoms. The van der Waals surface area contributed by atoms with Gasteiger partial charge in [-0.25, -0.2) is 0 Å². The average Bonchev–Trinajstić information content (AvgIpc) is 1.87. The number of likely N-dealkylation sites (N-methyl/N-ethyl adjacent to an activating group) is 1. The summed E-state index contributed by atoms with van der Waals surface area (Å²) >= 11 is 0. The monoisotopic (exact) mass is 128 g/mol. The van der Waals surface area contributed by atoms with Crippen LogP contribution in [-0.4, -0.2) is 19.0 Å². The van der Waals surface area contributed by atoms with E-state index in [1.54, 1.807) is 13.1 Å². The van der Waals surface area contributed by atoms with E-state index in [0.717, 1.165) is 0 Å². The first-order valence-corrected chi connectivity index (χ1v) is 2.80. The molecule has 0 bridgehead atoms. The van der Waals surface area contributed by atoms with Gasteiger partial charge < -0.3 is 11.1 Å². The van der Waals surface area contributed by atoms with Gasteiger partial charge in [-0.1, -0.05) is 6.08 Å². The first kappa shape index (κ1) is 8.17. The molecule has 0 aromatic carbocycles. The number of hydrogen-bond acceptors (Lipinski definition) is 2. The van der Waals surface area contributed by atoms with Crippen molar-refractivity contribution in [2.24, 2.45) is 5.73 Å². The molecule has 0 radical (unpaired) electrons. The Kier molecular flexibility index (Phi) is 3.71. The molecule has 0 fully saturated rings. The Morgan fingerprint density at radius 1 is 2.00 bits per heavy atom. The van der Waals surface area contributed by atoms with E-state index in [2.05, 4.69) is 11.9 Å². The van der Waals surface area contributed by atoms with Crippen molar-refractivity contribution in [3.05, 3.63) is 12.7 Å². The molecule has 0 saturated heterocycles. The number of rotatable bonds is 3. The average molecular weight is 128 g/mol. The van der Waals surface area contributed by atoms with Crippen LogP contribution in [0, 0.1) is 0 Å². The summed E-state index contributed by atoms with van der Waals surface area (Å²) in [4.78, 5) is 10.6. The van der Waals surface area contributed by atoms with Crippen molar-refractivity contribution in [2.75, 3.05) is 7.05 Å². The van der Waals surface area contributed by atoms with Gasteiger partial charge in [0.05, 0.1) is 6.04 Å². The molecule has 0 aromatic heterocycles. The summed E-state index contributed by atoms with van der Waals surface area (Å²) in [7, 11) is 1.56. The van der Waals surface area contributed by atoms with Gasteiger partial charge in [0.15, 0.2) is 0 Å². The van der Waals surface area contributed by atoms with Crippen molar-refractivity contribution >= 4 is 5.91 Å². The SMILES string of the molecule is C=CCC(N)C(=O)NC. The summed E-state index contributed by atoms with van der Waals surface area (Å²) in [6.07, 6.45) is 2.15. The molecule has 0 aliphatic rings. The Morgan fingerprint density at radius 2 is 2.56 bits per heavy atom. The first-order chi connectivity index (χ1) is 4.22. The lowest BCUT2D eigenvalue weighted by atomic mass is 10.2. The number of nitrogens with one attached hydrogen (secondary N) is 1. The molecule has 3 heteroatoms. The van der Waals surface area contributed by atoms with Crippen molar-refractivity contribution in [1.82, 2.24) is 5.32 Å². The van der Waals surface area contributed by atoms with Crippen molar-refractivity contribution in [3.8, 4) is 0 Å². The molecule has 0 rings (SSSR count). The van der Waals surface area contributed by atoms with E-state index in [1.807, 2.05) is 0 Å². The van der Waals surface area contributed by atoms with Gasteiger partial charge >= 0.3 is 0 Å². The molecule has 0 aromatic rings. The maximum atomic E-state index is 10.6. The van der Waals surface area contributed by atoms with E-state index >= 15 is 0 Å². The van der Waals surface area contributed by atoms with Crippen LogP contribution in [0.3, 0.4) is 0 Å². The fraction of sp³-hybridized carbons (Fsp3) is 0.500. The third-order valence-electron chi connectivity index (χ3n) is 1.00. The Balaban J connectivity index is 3.58. The maximum absolute atomic E-state index is 10.6. The predicted octanol–water partition coefficient (Wildman–Crippen LogP) is -0.364. The van der Waals surface area contributed by atoms with Crippen molar-refractivity contribution in [1.29, 1.82) is 0 Å². The molecule has 0 heterocycles. The molecular weight excluding hydrogens is 116 g/mol. The van der Waals surface area contributed by atoms with Crippen molar-refractivity contribution in [3.63, 3.8) is 0 Å². The van der Waals surface area contributed by atoms with Crippen LogP contribution in [-0.2, 0) is 4.79 Å². The molecule has 3 N–H and O–H groups in total. The molecule has 1 unspecified atom stereocenters. The topological polar surface area (TPSA) is 55.1 Å². The molecule has 0 spiro atoms. The van der Waals surface area contributed by atoms with Gasteiger partial charge in [-0.3, -0.25) is 4.79 Å². The van der Waals surface area contributed by atoms with Crippen LogP contribution in [0.25, 0.3) is 0 Å². The van der Waals surface area contributed by atoms with Crippen LogP contribution < -0.4 is 11.1 Å². The molecule has 0 saturated carbocycles. The number of carbonyl (C=O) groups is 1. The second-order valence-corrected chi connectivity index (χ2v) is 1.75. The van der Waals surface area contributed by atoms with E-state index in [1.165, 1.54) is 0 Å². The van der Waals surface area contributed by atoms with Crippen LogP contribution in [0.4, 0.5) is 0 Å². The quantitative estimate of drug-likeness (QED) is 0.510. The van der Waals surface area contributed by atoms with Gasteiger partial charge in [-0.15, -0.1) is 6.58 Å². The van der Waals surface area contributed by atoms with E-state index in [4.69, 9.17) is 5.73 Å². The molecular formula is C6H12N2O. The van der Waals surface area contributed by atoms with Crippen LogP contribution in [0.2, 0.25) is 0 Å². The zero-order valence-electron chi connectivity index (χ0n) is 5.55. The number of nitrogens with two attached hydrogens (primary N) is 1. The summed E-state index contributed by atoms with van der Waals surface area (Å²) < 4.78 is 0. The number of carbonyl (C=O) groups excluding carboxylic acids is 1. The molecule has 0 aliphatic heterocycles. The van der Waals surface area contributed by atoms with Crippen molar-refractivity contribution < 1.29 is 4.79 Å². The van der Waals surface area contributed by atoms with Crippen LogP contribution in [0.5, 0.6) is 0 Å². The minimum atomic E-state index is -0.438. The maximum Gasteiger partial charge on any atom is 0.236 e. The van der Waals surface area contributed by atoms with Crippen LogP contribution in [0.1, 0.15) is 6.42 Å². The highest BCUT2D eigenvalue weighted by atomic mass is 16.2. The summed E-state index contributed by atoms with van der Waals surface area (Å²) in [5.74, 6) is -0.144. The summed E-state index contributed by atoms with van der Waals surface area (Å²) in [6, 6.07) is -0.438. The molecule has 1 atom stereocenters.